The molecule has 1 N–H and O–H groups in total. The van der Waals surface area contributed by atoms with Gasteiger partial charge in [0.25, 0.3) is 0 Å². The van der Waals surface area contributed by atoms with Gasteiger partial charge in [-0.2, -0.15) is 4.98 Å². The van der Waals surface area contributed by atoms with Crippen molar-refractivity contribution in [3.63, 3.8) is 0 Å². The van der Waals surface area contributed by atoms with Crippen LogP contribution in [0.3, 0.4) is 0 Å². The third-order valence-electron chi connectivity index (χ3n) is 2.91. The fraction of sp³-hybridized carbons (Fsp3) is 0.333. The molecule has 106 valence electrons. The highest BCUT2D eigenvalue weighted by Gasteiger charge is 2.07. The number of rotatable bonds is 5. The van der Waals surface area contributed by atoms with E-state index in [4.69, 9.17) is 4.74 Å². The van der Waals surface area contributed by atoms with Gasteiger partial charge in [-0.15, -0.1) is 0 Å². The summed E-state index contributed by atoms with van der Waals surface area (Å²) in [6.07, 6.45) is 1.81. The number of hydrogen-bond acceptors (Lipinski definition) is 4. The topological polar surface area (TPSA) is 47.0 Å². The Morgan fingerprint density at radius 1 is 1.30 bits per heavy atom. The molecule has 0 radical (unpaired) electrons. The molecule has 1 heterocycles. The summed E-state index contributed by atoms with van der Waals surface area (Å²) in [6.45, 7) is 7.77. The fourth-order valence-electron chi connectivity index (χ4n) is 1.74. The Labute approximate surface area is 127 Å². The van der Waals surface area contributed by atoms with Crippen LogP contribution in [0, 0.1) is 13.8 Å². The third-order valence-corrected chi connectivity index (χ3v) is 3.53. The van der Waals surface area contributed by atoms with E-state index in [0.29, 0.717) is 6.01 Å². The molecule has 0 aliphatic rings. The van der Waals surface area contributed by atoms with Gasteiger partial charge in [-0.3, -0.25) is 0 Å². The minimum Gasteiger partial charge on any atom is -0.423 e. The molecule has 5 heteroatoms. The van der Waals surface area contributed by atoms with Crippen molar-refractivity contribution in [3.8, 4) is 11.8 Å². The average molecular weight is 336 g/mol. The van der Waals surface area contributed by atoms with Crippen LogP contribution in [-0.2, 0) is 6.54 Å². The Morgan fingerprint density at radius 3 is 2.75 bits per heavy atom. The van der Waals surface area contributed by atoms with Crippen molar-refractivity contribution in [1.82, 2.24) is 15.3 Å². The zero-order valence-electron chi connectivity index (χ0n) is 11.9. The van der Waals surface area contributed by atoms with Gasteiger partial charge in [0.05, 0.1) is 4.47 Å². The molecule has 0 amide bonds. The number of hydrogen-bond donors (Lipinski definition) is 1. The first-order valence-corrected chi connectivity index (χ1v) is 7.36. The van der Waals surface area contributed by atoms with Crippen molar-refractivity contribution in [2.45, 2.75) is 27.3 Å². The molecule has 2 rings (SSSR count). The highest BCUT2D eigenvalue weighted by Crippen LogP contribution is 2.28. The standard InChI is InChI=1S/C15H18BrN3O/c1-4-17-8-12-9-18-15(19-11(12)3)20-14-6-5-10(2)7-13(14)16/h5-7,9,17H,4,8H2,1-3H3. The Hall–Kier alpha value is -1.46. The molecule has 0 bridgehead atoms. The molecule has 0 saturated carbocycles. The second-order valence-corrected chi connectivity index (χ2v) is 5.43. The van der Waals surface area contributed by atoms with Crippen LogP contribution in [0.5, 0.6) is 11.8 Å². The number of benzene rings is 1. The minimum atomic E-state index is 0.368. The van der Waals surface area contributed by atoms with Crippen LogP contribution in [0.2, 0.25) is 0 Å². The third kappa shape index (κ3) is 3.77. The summed E-state index contributed by atoms with van der Waals surface area (Å²) >= 11 is 3.48. The summed E-state index contributed by atoms with van der Waals surface area (Å²) in [5.41, 5.74) is 3.18. The second-order valence-electron chi connectivity index (χ2n) is 4.58. The first-order valence-electron chi connectivity index (χ1n) is 6.57. The van der Waals surface area contributed by atoms with Crippen LogP contribution in [0.4, 0.5) is 0 Å². The van der Waals surface area contributed by atoms with Crippen molar-refractivity contribution >= 4 is 15.9 Å². The van der Waals surface area contributed by atoms with E-state index in [-0.39, 0.29) is 0 Å². The molecule has 1 aromatic heterocycles. The van der Waals surface area contributed by atoms with E-state index in [1.807, 2.05) is 38.2 Å². The van der Waals surface area contributed by atoms with Crippen molar-refractivity contribution in [1.29, 1.82) is 0 Å². The highest BCUT2D eigenvalue weighted by atomic mass is 79.9. The van der Waals surface area contributed by atoms with Crippen LogP contribution in [0.15, 0.2) is 28.9 Å². The maximum Gasteiger partial charge on any atom is 0.322 e. The summed E-state index contributed by atoms with van der Waals surface area (Å²) < 4.78 is 6.61. The SMILES string of the molecule is CCNCc1cnc(Oc2ccc(C)cc2Br)nc1C. The summed E-state index contributed by atoms with van der Waals surface area (Å²) in [5.74, 6) is 0.717. The maximum atomic E-state index is 5.71. The van der Waals surface area contributed by atoms with Gasteiger partial charge in [-0.1, -0.05) is 13.0 Å². The molecule has 0 aliphatic carbocycles. The summed E-state index contributed by atoms with van der Waals surface area (Å²) in [4.78, 5) is 8.65. The van der Waals surface area contributed by atoms with Gasteiger partial charge in [-0.05, 0) is 54.0 Å². The molecule has 1 aromatic carbocycles. The molecular weight excluding hydrogens is 318 g/mol. The highest BCUT2D eigenvalue weighted by molar-refractivity contribution is 9.10. The Morgan fingerprint density at radius 2 is 2.10 bits per heavy atom. The lowest BCUT2D eigenvalue weighted by Crippen LogP contribution is -2.13. The molecule has 0 saturated heterocycles. The van der Waals surface area contributed by atoms with E-state index in [0.717, 1.165) is 34.6 Å². The van der Waals surface area contributed by atoms with Gasteiger partial charge < -0.3 is 10.1 Å². The molecule has 4 nitrogen and oxygen atoms in total. The number of ether oxygens (including phenoxy) is 1. The first-order chi connectivity index (χ1) is 9.60. The fourth-order valence-corrected chi connectivity index (χ4v) is 2.31. The predicted molar refractivity (Wildman–Crippen MR) is 83.1 cm³/mol. The van der Waals surface area contributed by atoms with Crippen LogP contribution < -0.4 is 10.1 Å². The number of aromatic nitrogens is 2. The van der Waals surface area contributed by atoms with Gasteiger partial charge in [0.15, 0.2) is 0 Å². The van der Waals surface area contributed by atoms with Crippen molar-refractivity contribution in [3.05, 3.63) is 45.7 Å². The Kier molecular flexibility index (Phi) is 5.09. The largest absolute Gasteiger partial charge is 0.423 e. The van der Waals surface area contributed by atoms with E-state index >= 15 is 0 Å². The van der Waals surface area contributed by atoms with Gasteiger partial charge in [0.2, 0.25) is 0 Å². The molecule has 20 heavy (non-hydrogen) atoms. The maximum absolute atomic E-state index is 5.71. The van der Waals surface area contributed by atoms with E-state index in [1.54, 1.807) is 0 Å². The lowest BCUT2D eigenvalue weighted by atomic mass is 10.2. The van der Waals surface area contributed by atoms with Crippen molar-refractivity contribution in [2.75, 3.05) is 6.54 Å². The van der Waals surface area contributed by atoms with E-state index in [1.165, 1.54) is 5.56 Å². The molecule has 0 atom stereocenters. The average Bonchev–Trinajstić information content (AvgIpc) is 2.41. The lowest BCUT2D eigenvalue weighted by molar-refractivity contribution is 0.436. The molecule has 0 spiro atoms. The molecule has 2 aromatic rings. The van der Waals surface area contributed by atoms with E-state index < -0.39 is 0 Å². The predicted octanol–water partition coefficient (Wildman–Crippen LogP) is 3.76. The summed E-state index contributed by atoms with van der Waals surface area (Å²) in [7, 11) is 0. The Bertz CT molecular complexity index is 602. The number of nitrogens with zero attached hydrogens (tertiary/aromatic N) is 2. The molecular formula is C15H18BrN3O. The van der Waals surface area contributed by atoms with E-state index in [9.17, 15) is 0 Å². The Balaban J connectivity index is 2.15. The van der Waals surface area contributed by atoms with Crippen LogP contribution in [0.25, 0.3) is 0 Å². The monoisotopic (exact) mass is 335 g/mol. The quantitative estimate of drug-likeness (QED) is 0.903. The number of halogens is 1. The van der Waals surface area contributed by atoms with Gasteiger partial charge in [0.1, 0.15) is 5.75 Å². The minimum absolute atomic E-state index is 0.368. The normalized spacial score (nSPS) is 10.6. The molecule has 0 aliphatic heterocycles. The summed E-state index contributed by atoms with van der Waals surface area (Å²) in [5, 5.41) is 3.26. The zero-order valence-corrected chi connectivity index (χ0v) is 13.5. The number of nitrogens with one attached hydrogen (secondary N) is 1. The molecule has 0 fully saturated rings. The molecule has 0 unspecified atom stereocenters. The van der Waals surface area contributed by atoms with Crippen LogP contribution in [-0.4, -0.2) is 16.5 Å². The smallest absolute Gasteiger partial charge is 0.322 e. The number of aryl methyl sites for hydroxylation is 2. The summed E-state index contributed by atoms with van der Waals surface area (Å²) in [6, 6.07) is 6.27. The van der Waals surface area contributed by atoms with Gasteiger partial charge in [-0.25, -0.2) is 4.98 Å². The first kappa shape index (κ1) is 14.9. The zero-order chi connectivity index (χ0) is 14.5. The van der Waals surface area contributed by atoms with Crippen molar-refractivity contribution < 1.29 is 4.74 Å². The van der Waals surface area contributed by atoms with Crippen LogP contribution >= 0.6 is 15.9 Å². The second kappa shape index (κ2) is 6.81. The van der Waals surface area contributed by atoms with Crippen LogP contribution in [0.1, 0.15) is 23.7 Å². The lowest BCUT2D eigenvalue weighted by Gasteiger charge is -2.09. The van der Waals surface area contributed by atoms with Gasteiger partial charge >= 0.3 is 6.01 Å². The van der Waals surface area contributed by atoms with Gasteiger partial charge in [0, 0.05) is 24.0 Å². The van der Waals surface area contributed by atoms with Crippen molar-refractivity contribution in [2.24, 2.45) is 0 Å². The van der Waals surface area contributed by atoms with E-state index in [2.05, 4.69) is 38.1 Å².